The van der Waals surface area contributed by atoms with E-state index >= 15 is 0 Å². The topological polar surface area (TPSA) is 101 Å². The fraction of sp³-hybridized carbons (Fsp3) is 0.308. The first-order valence-electron chi connectivity index (χ1n) is 6.49. The number of nitrogens with one attached hydrogen (secondary N) is 2. The van der Waals surface area contributed by atoms with Crippen LogP contribution in [0.1, 0.15) is 30.0 Å². The number of nitrogen functional groups attached to an aromatic ring is 1. The van der Waals surface area contributed by atoms with Gasteiger partial charge < -0.3 is 5.73 Å². The number of halogens is 1. The van der Waals surface area contributed by atoms with Gasteiger partial charge in [0.2, 0.25) is 0 Å². The third kappa shape index (κ3) is 2.85. The van der Waals surface area contributed by atoms with E-state index in [0.717, 1.165) is 12.8 Å². The van der Waals surface area contributed by atoms with E-state index in [-0.39, 0.29) is 17.6 Å². The minimum atomic E-state index is -0.411. The van der Waals surface area contributed by atoms with Gasteiger partial charge >= 0.3 is 5.69 Å². The number of nitrogens with zero attached hydrogens (tertiary/aromatic N) is 2. The summed E-state index contributed by atoms with van der Waals surface area (Å²) in [5, 5.41) is 14.3. The molecule has 0 radical (unpaired) electrons. The highest BCUT2D eigenvalue weighted by atomic mass is 32.2. The molecule has 1 aliphatic carbocycles. The van der Waals surface area contributed by atoms with Crippen molar-refractivity contribution in [2.24, 2.45) is 5.73 Å². The summed E-state index contributed by atoms with van der Waals surface area (Å²) in [7, 11) is 0. The maximum absolute atomic E-state index is 13.9. The number of H-pyrrole nitrogens is 1. The summed E-state index contributed by atoms with van der Waals surface area (Å²) in [6, 6.07) is 4.69. The summed E-state index contributed by atoms with van der Waals surface area (Å²) in [4.78, 5) is 11.6. The molecule has 21 heavy (non-hydrogen) atoms. The van der Waals surface area contributed by atoms with E-state index in [1.54, 1.807) is 16.7 Å². The molecule has 1 aromatic carbocycles. The molecule has 8 heteroatoms. The lowest BCUT2D eigenvalue weighted by Crippen LogP contribution is -2.16. The minimum Gasteiger partial charge on any atom is -0.384 e. The fourth-order valence-corrected chi connectivity index (χ4v) is 3.02. The normalized spacial score (nSPS) is 14.3. The van der Waals surface area contributed by atoms with Gasteiger partial charge in [-0.05, 0) is 24.5 Å². The average Bonchev–Trinajstić information content (AvgIpc) is 3.21. The Morgan fingerprint density at radius 2 is 2.33 bits per heavy atom. The third-order valence-electron chi connectivity index (χ3n) is 3.30. The van der Waals surface area contributed by atoms with Crippen molar-refractivity contribution in [3.05, 3.63) is 45.6 Å². The number of rotatable bonds is 5. The molecule has 1 aromatic heterocycles. The fourth-order valence-electron chi connectivity index (χ4n) is 2.02. The van der Waals surface area contributed by atoms with Crippen molar-refractivity contribution in [3.63, 3.8) is 0 Å². The Bertz CT molecular complexity index is 749. The van der Waals surface area contributed by atoms with Gasteiger partial charge in [0.05, 0.1) is 0 Å². The van der Waals surface area contributed by atoms with Gasteiger partial charge in [-0.25, -0.2) is 14.3 Å². The van der Waals surface area contributed by atoms with Gasteiger partial charge in [-0.2, -0.15) is 0 Å². The van der Waals surface area contributed by atoms with E-state index in [0.29, 0.717) is 22.0 Å². The Hall–Kier alpha value is -2.09. The van der Waals surface area contributed by atoms with Crippen LogP contribution in [0.2, 0.25) is 0 Å². The maximum Gasteiger partial charge on any atom is 0.344 e. The number of hydrogen-bond donors (Lipinski definition) is 3. The predicted molar refractivity (Wildman–Crippen MR) is 78.1 cm³/mol. The van der Waals surface area contributed by atoms with Crippen LogP contribution in [0.5, 0.6) is 0 Å². The summed E-state index contributed by atoms with van der Waals surface area (Å²) in [5.74, 6) is -0.213. The molecule has 0 bridgehead atoms. The number of hydrogen-bond acceptors (Lipinski definition) is 4. The lowest BCUT2D eigenvalue weighted by atomic mass is 10.1. The molecular weight excluding hydrogens is 293 g/mol. The van der Waals surface area contributed by atoms with E-state index in [9.17, 15) is 9.18 Å². The molecule has 0 unspecified atom stereocenters. The first-order chi connectivity index (χ1) is 10.1. The lowest BCUT2D eigenvalue weighted by molar-refractivity contribution is 0.616. The first kappa shape index (κ1) is 13.9. The van der Waals surface area contributed by atoms with Crippen molar-refractivity contribution in [1.29, 1.82) is 5.41 Å². The van der Waals surface area contributed by atoms with Crippen molar-refractivity contribution in [3.8, 4) is 0 Å². The smallest absolute Gasteiger partial charge is 0.344 e. The van der Waals surface area contributed by atoms with Crippen molar-refractivity contribution < 1.29 is 4.39 Å². The van der Waals surface area contributed by atoms with Crippen molar-refractivity contribution >= 4 is 17.6 Å². The van der Waals surface area contributed by atoms with Gasteiger partial charge in [0.1, 0.15) is 11.7 Å². The summed E-state index contributed by atoms with van der Waals surface area (Å²) in [6.07, 6.45) is 1.96. The second-order valence-electron chi connectivity index (χ2n) is 4.92. The van der Waals surface area contributed by atoms with E-state index in [1.807, 2.05) is 0 Å². The molecule has 3 rings (SSSR count). The molecule has 2 aromatic rings. The van der Waals surface area contributed by atoms with E-state index < -0.39 is 5.82 Å². The van der Waals surface area contributed by atoms with Crippen LogP contribution >= 0.6 is 11.8 Å². The Balaban J connectivity index is 1.76. The predicted octanol–water partition coefficient (Wildman–Crippen LogP) is 1.62. The van der Waals surface area contributed by atoms with Crippen molar-refractivity contribution in [2.45, 2.75) is 29.8 Å². The van der Waals surface area contributed by atoms with E-state index in [1.165, 1.54) is 17.8 Å². The molecule has 1 fully saturated rings. The zero-order valence-electron chi connectivity index (χ0n) is 11.1. The third-order valence-corrected chi connectivity index (χ3v) is 4.31. The Kier molecular flexibility index (Phi) is 3.54. The van der Waals surface area contributed by atoms with Crippen LogP contribution in [0.25, 0.3) is 0 Å². The number of amidine groups is 1. The van der Waals surface area contributed by atoms with Crippen LogP contribution in [0.3, 0.4) is 0 Å². The van der Waals surface area contributed by atoms with Gasteiger partial charge in [0, 0.05) is 17.4 Å². The summed E-state index contributed by atoms with van der Waals surface area (Å²) < 4.78 is 15.6. The van der Waals surface area contributed by atoms with Crippen LogP contribution in [0.4, 0.5) is 4.39 Å². The molecule has 1 aliphatic rings. The van der Waals surface area contributed by atoms with Gasteiger partial charge in [-0.15, -0.1) is 5.10 Å². The molecule has 4 N–H and O–H groups in total. The van der Waals surface area contributed by atoms with E-state index in [2.05, 4.69) is 10.2 Å². The molecule has 110 valence electrons. The number of aromatic amines is 1. The van der Waals surface area contributed by atoms with Gasteiger partial charge in [0.15, 0.2) is 5.16 Å². The highest BCUT2D eigenvalue weighted by Gasteiger charge is 2.28. The van der Waals surface area contributed by atoms with Crippen LogP contribution < -0.4 is 11.4 Å². The zero-order chi connectivity index (χ0) is 15.0. The Labute approximate surface area is 124 Å². The van der Waals surface area contributed by atoms with Crippen LogP contribution in [-0.4, -0.2) is 20.6 Å². The molecule has 0 saturated heterocycles. The SMILES string of the molecule is N=C(N)c1ccc(CSc2n[nH]c(=O)n2C2CC2)c(F)c1. The number of nitrogens with two attached hydrogens (primary N) is 1. The quantitative estimate of drug-likeness (QED) is 0.444. The van der Waals surface area contributed by atoms with Gasteiger partial charge in [-0.1, -0.05) is 23.9 Å². The molecule has 0 atom stereocenters. The highest BCUT2D eigenvalue weighted by molar-refractivity contribution is 7.98. The lowest BCUT2D eigenvalue weighted by Gasteiger charge is -2.06. The average molecular weight is 307 g/mol. The maximum atomic E-state index is 13.9. The van der Waals surface area contributed by atoms with Crippen LogP contribution in [0.15, 0.2) is 28.2 Å². The molecule has 6 nitrogen and oxygen atoms in total. The summed E-state index contributed by atoms with van der Waals surface area (Å²) in [6.45, 7) is 0. The van der Waals surface area contributed by atoms with Gasteiger partial charge in [0.25, 0.3) is 0 Å². The van der Waals surface area contributed by atoms with Crippen molar-refractivity contribution in [1.82, 2.24) is 14.8 Å². The Morgan fingerprint density at radius 1 is 1.57 bits per heavy atom. The van der Waals surface area contributed by atoms with Crippen LogP contribution in [-0.2, 0) is 5.75 Å². The molecule has 0 spiro atoms. The number of aromatic nitrogens is 3. The summed E-state index contributed by atoms with van der Waals surface area (Å²) >= 11 is 1.31. The minimum absolute atomic E-state index is 0.164. The first-order valence-corrected chi connectivity index (χ1v) is 7.47. The second kappa shape index (κ2) is 5.36. The zero-order valence-corrected chi connectivity index (χ0v) is 11.9. The number of thioether (sulfide) groups is 1. The molecular formula is C13H14FN5OS. The van der Waals surface area contributed by atoms with Gasteiger partial charge in [-0.3, -0.25) is 9.98 Å². The Morgan fingerprint density at radius 3 is 2.95 bits per heavy atom. The number of benzene rings is 1. The monoisotopic (exact) mass is 307 g/mol. The molecule has 1 saturated carbocycles. The molecule has 0 amide bonds. The second-order valence-corrected chi connectivity index (χ2v) is 5.86. The van der Waals surface area contributed by atoms with Crippen molar-refractivity contribution in [2.75, 3.05) is 0 Å². The van der Waals surface area contributed by atoms with Crippen LogP contribution in [0, 0.1) is 11.2 Å². The standard InChI is InChI=1S/C13H14FN5OS/c14-10-5-7(11(15)16)1-2-8(10)6-21-13-18-17-12(20)19(13)9-3-4-9/h1-2,5,9H,3-4,6H2,(H3,15,16)(H,17,20). The largest absolute Gasteiger partial charge is 0.384 e. The van der Waals surface area contributed by atoms with E-state index in [4.69, 9.17) is 11.1 Å². The summed E-state index contributed by atoms with van der Waals surface area (Å²) in [5.41, 5.74) is 5.95. The highest BCUT2D eigenvalue weighted by Crippen LogP contribution is 2.36. The molecule has 0 aliphatic heterocycles. The molecule has 1 heterocycles.